The summed E-state index contributed by atoms with van der Waals surface area (Å²) >= 11 is 0. The van der Waals surface area contributed by atoms with Crippen molar-refractivity contribution in [3.8, 4) is 0 Å². The molecule has 1 rings (SSSR count). The van der Waals surface area contributed by atoms with Crippen LogP contribution in [0, 0.1) is 0 Å². The van der Waals surface area contributed by atoms with Gasteiger partial charge < -0.3 is 15.8 Å². The quantitative estimate of drug-likeness (QED) is 0.670. The van der Waals surface area contributed by atoms with Crippen LogP contribution in [-0.4, -0.2) is 26.8 Å². The summed E-state index contributed by atoms with van der Waals surface area (Å²) in [5.74, 6) is 0. The van der Waals surface area contributed by atoms with Crippen molar-refractivity contribution in [2.24, 2.45) is 5.73 Å². The Labute approximate surface area is 91.6 Å². The van der Waals surface area contributed by atoms with Crippen LogP contribution in [0.5, 0.6) is 0 Å². The zero-order valence-corrected chi connectivity index (χ0v) is 9.33. The molecule has 0 aliphatic carbocycles. The van der Waals surface area contributed by atoms with Crippen LogP contribution in [0.15, 0.2) is 24.3 Å². The summed E-state index contributed by atoms with van der Waals surface area (Å²) < 4.78 is 5.08. The fraction of sp³-hybridized carbons (Fsp3) is 0.500. The Morgan fingerprint density at radius 3 is 2.87 bits per heavy atom. The molecule has 84 valence electrons. The lowest BCUT2D eigenvalue weighted by Crippen LogP contribution is -2.10. The minimum Gasteiger partial charge on any atom is -0.385 e. The highest BCUT2D eigenvalue weighted by Gasteiger charge is 1.99. The highest BCUT2D eigenvalue weighted by Crippen LogP contribution is 2.15. The Bertz CT molecular complexity index is 276. The number of rotatable bonds is 7. The molecule has 0 aliphatic rings. The Balaban J connectivity index is 2.52. The van der Waals surface area contributed by atoms with Crippen molar-refractivity contribution in [3.63, 3.8) is 0 Å². The average Bonchev–Trinajstić information content (AvgIpc) is 2.28. The summed E-state index contributed by atoms with van der Waals surface area (Å²) in [5.41, 5.74) is 7.95. The van der Waals surface area contributed by atoms with E-state index in [1.165, 1.54) is 11.3 Å². The zero-order chi connectivity index (χ0) is 10.9. The maximum Gasteiger partial charge on any atom is 0.0503 e. The highest BCUT2D eigenvalue weighted by molar-refractivity contribution is 5.51. The van der Waals surface area contributed by atoms with Crippen LogP contribution >= 0.6 is 0 Å². The predicted molar refractivity (Wildman–Crippen MR) is 64.2 cm³/mol. The van der Waals surface area contributed by atoms with Crippen molar-refractivity contribution >= 4 is 5.69 Å². The van der Waals surface area contributed by atoms with E-state index in [0.717, 1.165) is 32.5 Å². The number of nitrogens with two attached hydrogens (primary N) is 1. The average molecular weight is 208 g/mol. The van der Waals surface area contributed by atoms with Crippen LogP contribution < -0.4 is 11.1 Å². The molecular formula is C12H20N2O. The largest absolute Gasteiger partial charge is 0.385 e. The number of para-hydroxylation sites is 1. The molecule has 0 aliphatic heterocycles. The Morgan fingerprint density at radius 1 is 1.33 bits per heavy atom. The standard InChI is InChI=1S/C12H20N2O/c1-15-10-7-11-5-2-3-6-12(11)14-9-4-8-13/h2-3,5-6,14H,4,7-10,13H2,1H3. The maximum atomic E-state index is 5.45. The van der Waals surface area contributed by atoms with Gasteiger partial charge in [0.2, 0.25) is 0 Å². The third-order valence-electron chi connectivity index (χ3n) is 2.29. The molecule has 3 N–H and O–H groups in total. The van der Waals surface area contributed by atoms with Crippen LogP contribution in [-0.2, 0) is 11.2 Å². The summed E-state index contributed by atoms with van der Waals surface area (Å²) in [4.78, 5) is 0. The second kappa shape index (κ2) is 7.26. The maximum absolute atomic E-state index is 5.45. The molecule has 1 aromatic rings. The zero-order valence-electron chi connectivity index (χ0n) is 9.33. The number of anilines is 1. The molecule has 0 atom stereocenters. The molecule has 3 heteroatoms. The fourth-order valence-corrected chi connectivity index (χ4v) is 1.45. The molecule has 0 unspecified atom stereocenters. The molecule has 15 heavy (non-hydrogen) atoms. The first kappa shape index (κ1) is 12.0. The van der Waals surface area contributed by atoms with Crippen molar-refractivity contribution in [2.75, 3.05) is 32.1 Å². The Kier molecular flexibility index (Phi) is 5.81. The molecule has 0 saturated heterocycles. The van der Waals surface area contributed by atoms with Gasteiger partial charge >= 0.3 is 0 Å². The summed E-state index contributed by atoms with van der Waals surface area (Å²) in [6.07, 6.45) is 1.95. The molecule has 0 aromatic heterocycles. The fourth-order valence-electron chi connectivity index (χ4n) is 1.45. The van der Waals surface area contributed by atoms with Gasteiger partial charge in [-0.1, -0.05) is 18.2 Å². The van der Waals surface area contributed by atoms with E-state index >= 15 is 0 Å². The number of hydrogen-bond acceptors (Lipinski definition) is 3. The molecule has 1 aromatic carbocycles. The topological polar surface area (TPSA) is 47.3 Å². The molecule has 0 spiro atoms. The van der Waals surface area contributed by atoms with Gasteiger partial charge in [0.25, 0.3) is 0 Å². The number of ether oxygens (including phenoxy) is 1. The van der Waals surface area contributed by atoms with Crippen molar-refractivity contribution in [1.29, 1.82) is 0 Å². The molecule has 3 nitrogen and oxygen atoms in total. The lowest BCUT2D eigenvalue weighted by atomic mass is 10.1. The second-order valence-corrected chi connectivity index (χ2v) is 3.47. The van der Waals surface area contributed by atoms with E-state index in [9.17, 15) is 0 Å². The molecule has 0 radical (unpaired) electrons. The third-order valence-corrected chi connectivity index (χ3v) is 2.29. The van der Waals surface area contributed by atoms with Gasteiger partial charge in [-0.3, -0.25) is 0 Å². The molecule has 0 saturated carbocycles. The van der Waals surface area contributed by atoms with E-state index in [0.29, 0.717) is 0 Å². The first-order chi connectivity index (χ1) is 7.38. The van der Waals surface area contributed by atoms with E-state index in [1.807, 2.05) is 6.07 Å². The van der Waals surface area contributed by atoms with E-state index in [4.69, 9.17) is 10.5 Å². The van der Waals surface area contributed by atoms with E-state index in [2.05, 4.69) is 23.5 Å². The molecule has 0 bridgehead atoms. The van der Waals surface area contributed by atoms with Crippen molar-refractivity contribution in [2.45, 2.75) is 12.8 Å². The van der Waals surface area contributed by atoms with Gasteiger partial charge in [0, 0.05) is 19.3 Å². The third kappa shape index (κ3) is 4.32. The van der Waals surface area contributed by atoms with E-state index < -0.39 is 0 Å². The van der Waals surface area contributed by atoms with Gasteiger partial charge in [-0.05, 0) is 31.0 Å². The van der Waals surface area contributed by atoms with Crippen molar-refractivity contribution in [1.82, 2.24) is 0 Å². The van der Waals surface area contributed by atoms with E-state index in [1.54, 1.807) is 7.11 Å². The minimum atomic E-state index is 0.729. The van der Waals surface area contributed by atoms with Gasteiger partial charge in [0.05, 0.1) is 6.61 Å². The predicted octanol–water partition coefficient (Wildman–Crippen LogP) is 1.64. The normalized spacial score (nSPS) is 10.3. The van der Waals surface area contributed by atoms with Crippen LogP contribution in [0.4, 0.5) is 5.69 Å². The molecular weight excluding hydrogens is 188 g/mol. The number of benzene rings is 1. The minimum absolute atomic E-state index is 0.729. The van der Waals surface area contributed by atoms with Crippen LogP contribution in [0.2, 0.25) is 0 Å². The second-order valence-electron chi connectivity index (χ2n) is 3.47. The summed E-state index contributed by atoms with van der Waals surface area (Å²) in [7, 11) is 1.73. The number of hydrogen-bond donors (Lipinski definition) is 2. The summed E-state index contributed by atoms with van der Waals surface area (Å²) in [6, 6.07) is 8.32. The first-order valence-electron chi connectivity index (χ1n) is 5.39. The van der Waals surface area contributed by atoms with Gasteiger partial charge in [-0.2, -0.15) is 0 Å². The van der Waals surface area contributed by atoms with Crippen molar-refractivity contribution in [3.05, 3.63) is 29.8 Å². The first-order valence-corrected chi connectivity index (χ1v) is 5.39. The van der Waals surface area contributed by atoms with Gasteiger partial charge in [0.15, 0.2) is 0 Å². The lowest BCUT2D eigenvalue weighted by Gasteiger charge is -2.11. The lowest BCUT2D eigenvalue weighted by molar-refractivity contribution is 0.202. The van der Waals surface area contributed by atoms with E-state index in [-0.39, 0.29) is 0 Å². The van der Waals surface area contributed by atoms with Crippen molar-refractivity contribution < 1.29 is 4.74 Å². The SMILES string of the molecule is COCCc1ccccc1NCCCN. The van der Waals surface area contributed by atoms with Gasteiger partial charge in [0.1, 0.15) is 0 Å². The number of nitrogens with one attached hydrogen (secondary N) is 1. The molecule has 0 fully saturated rings. The van der Waals surface area contributed by atoms with Gasteiger partial charge in [-0.15, -0.1) is 0 Å². The Morgan fingerprint density at radius 2 is 2.13 bits per heavy atom. The monoisotopic (exact) mass is 208 g/mol. The molecule has 0 heterocycles. The molecule has 0 amide bonds. The van der Waals surface area contributed by atoms with Gasteiger partial charge in [-0.25, -0.2) is 0 Å². The van der Waals surface area contributed by atoms with Crippen LogP contribution in [0.1, 0.15) is 12.0 Å². The van der Waals surface area contributed by atoms with Crippen LogP contribution in [0.25, 0.3) is 0 Å². The van der Waals surface area contributed by atoms with Crippen LogP contribution in [0.3, 0.4) is 0 Å². The highest BCUT2D eigenvalue weighted by atomic mass is 16.5. The smallest absolute Gasteiger partial charge is 0.0503 e. The Hall–Kier alpha value is -1.06. The summed E-state index contributed by atoms with van der Waals surface area (Å²) in [6.45, 7) is 2.42. The summed E-state index contributed by atoms with van der Waals surface area (Å²) in [5, 5.41) is 3.39. The number of methoxy groups -OCH3 is 1.